The van der Waals surface area contributed by atoms with Crippen LogP contribution in [0.25, 0.3) is 22.0 Å². The molecule has 1 aliphatic rings. The number of benzene rings is 2. The first kappa shape index (κ1) is 25.7. The van der Waals surface area contributed by atoms with Gasteiger partial charge >= 0.3 is 0 Å². The number of rotatable bonds is 6. The average molecular weight is 526 g/mol. The molecule has 2 aromatic heterocycles. The van der Waals surface area contributed by atoms with Crippen LogP contribution in [0.2, 0.25) is 0 Å². The molecule has 5 rings (SSSR count). The Kier molecular flexibility index (Phi) is 6.89. The predicted octanol–water partition coefficient (Wildman–Crippen LogP) is 4.52. The van der Waals surface area contributed by atoms with Crippen LogP contribution in [0, 0.1) is 11.7 Å². The number of halogens is 1. The van der Waals surface area contributed by atoms with Gasteiger partial charge in [-0.1, -0.05) is 55.0 Å². The monoisotopic (exact) mass is 525 g/mol. The highest BCUT2D eigenvalue weighted by atomic mass is 19.1. The number of para-hydroxylation sites is 2. The summed E-state index contributed by atoms with van der Waals surface area (Å²) in [6, 6.07) is 14.9. The lowest BCUT2D eigenvalue weighted by molar-refractivity contribution is -0.113. The first-order valence-corrected chi connectivity index (χ1v) is 12.5. The van der Waals surface area contributed by atoms with E-state index in [1.807, 2.05) is 13.0 Å². The number of aryl methyl sites for hydroxylation is 1. The number of nitrogen functional groups attached to an aromatic ring is 1. The van der Waals surface area contributed by atoms with Crippen molar-refractivity contribution in [3.63, 3.8) is 0 Å². The Labute approximate surface area is 224 Å². The van der Waals surface area contributed by atoms with Crippen LogP contribution >= 0.6 is 0 Å². The Morgan fingerprint density at radius 1 is 1.08 bits per heavy atom. The molecule has 2 amide bonds. The number of aromatic amines is 1. The smallest absolute Gasteiger partial charge is 0.274 e. The van der Waals surface area contributed by atoms with Gasteiger partial charge in [0.2, 0.25) is 0 Å². The van der Waals surface area contributed by atoms with Crippen LogP contribution in [0.1, 0.15) is 23.8 Å². The number of anilines is 2. The number of nitrogens with one attached hydrogen (secondary N) is 3. The maximum Gasteiger partial charge on any atom is 0.274 e. The van der Waals surface area contributed by atoms with Crippen LogP contribution in [0.5, 0.6) is 0 Å². The molecule has 0 saturated carbocycles. The van der Waals surface area contributed by atoms with Gasteiger partial charge in [-0.25, -0.2) is 4.39 Å². The van der Waals surface area contributed by atoms with Gasteiger partial charge < -0.3 is 25.9 Å². The van der Waals surface area contributed by atoms with E-state index in [0.29, 0.717) is 39.9 Å². The zero-order chi connectivity index (χ0) is 27.7. The first-order chi connectivity index (χ1) is 18.7. The Hall–Kier alpha value is -4.92. The van der Waals surface area contributed by atoms with Gasteiger partial charge in [0.1, 0.15) is 17.0 Å². The summed E-state index contributed by atoms with van der Waals surface area (Å²) in [6.07, 6.45) is 5.76. The van der Waals surface area contributed by atoms with Gasteiger partial charge in [-0.2, -0.15) is 0 Å². The lowest BCUT2D eigenvalue weighted by Crippen LogP contribution is -2.28. The summed E-state index contributed by atoms with van der Waals surface area (Å²) >= 11 is 0. The summed E-state index contributed by atoms with van der Waals surface area (Å²) in [5, 5.41) is 6.20. The molecule has 0 bridgehead atoms. The lowest BCUT2D eigenvalue weighted by Gasteiger charge is -2.21. The Morgan fingerprint density at radius 2 is 1.82 bits per heavy atom. The minimum absolute atomic E-state index is 0.0636. The van der Waals surface area contributed by atoms with Crippen molar-refractivity contribution in [1.82, 2.24) is 14.9 Å². The zero-order valence-electron chi connectivity index (χ0n) is 21.5. The maximum absolute atomic E-state index is 14.5. The number of carbonyl (C=O) groups is 2. The molecule has 0 fully saturated rings. The molecule has 8 nitrogen and oxygen atoms in total. The summed E-state index contributed by atoms with van der Waals surface area (Å²) in [5.74, 6) is -1.10. The third kappa shape index (κ3) is 5.11. The van der Waals surface area contributed by atoms with Crippen molar-refractivity contribution in [3.05, 3.63) is 106 Å². The molecule has 0 saturated heterocycles. The van der Waals surface area contributed by atoms with Gasteiger partial charge in [-0.05, 0) is 36.6 Å². The Balaban J connectivity index is 1.33. The molecule has 39 heavy (non-hydrogen) atoms. The lowest BCUT2D eigenvalue weighted by atomic mass is 9.88. The van der Waals surface area contributed by atoms with Crippen LogP contribution in [-0.2, 0) is 11.8 Å². The summed E-state index contributed by atoms with van der Waals surface area (Å²) in [4.78, 5) is 41.5. The number of hydrogen-bond acceptors (Lipinski definition) is 4. The third-order valence-electron chi connectivity index (χ3n) is 6.92. The van der Waals surface area contributed by atoms with E-state index in [9.17, 15) is 18.8 Å². The van der Waals surface area contributed by atoms with Crippen molar-refractivity contribution in [2.75, 3.05) is 17.6 Å². The predicted molar refractivity (Wildman–Crippen MR) is 151 cm³/mol. The highest BCUT2D eigenvalue weighted by Gasteiger charge is 2.23. The number of amides is 2. The topological polar surface area (TPSA) is 122 Å². The molecule has 0 radical (unpaired) electrons. The number of aromatic nitrogens is 2. The fourth-order valence-electron chi connectivity index (χ4n) is 4.82. The van der Waals surface area contributed by atoms with Crippen molar-refractivity contribution < 1.29 is 14.0 Å². The van der Waals surface area contributed by atoms with Gasteiger partial charge in [0.05, 0.1) is 11.4 Å². The standard InChI is InChI=1S/C30H28FN5O3/c1-17-13-18(11-12-19(17)28(37)35-25-10-6-5-9-24(25)32)15-33-29(38)26-14-21-22(20-7-3-4-8-23(20)31)16-36(2)30(39)27(21)34-26/h3-12,14,16-17,34H,13,15,32H2,1-2H3,(H,33,38)(H,35,37). The third-order valence-corrected chi connectivity index (χ3v) is 6.92. The molecule has 1 unspecified atom stereocenters. The van der Waals surface area contributed by atoms with E-state index in [4.69, 9.17) is 5.73 Å². The fourth-order valence-corrected chi connectivity index (χ4v) is 4.82. The van der Waals surface area contributed by atoms with E-state index in [1.54, 1.807) is 67.9 Å². The van der Waals surface area contributed by atoms with Gasteiger partial charge in [0.25, 0.3) is 17.4 Å². The summed E-state index contributed by atoms with van der Waals surface area (Å²) in [7, 11) is 1.58. The molecule has 9 heteroatoms. The summed E-state index contributed by atoms with van der Waals surface area (Å²) in [6.45, 7) is 2.22. The quantitative estimate of drug-likeness (QED) is 0.277. The second kappa shape index (κ2) is 10.4. The fraction of sp³-hybridized carbons (Fsp3) is 0.167. The molecule has 1 atom stereocenters. The first-order valence-electron chi connectivity index (χ1n) is 12.5. The van der Waals surface area contributed by atoms with Crippen molar-refractivity contribution in [2.24, 2.45) is 13.0 Å². The van der Waals surface area contributed by atoms with Crippen molar-refractivity contribution in [1.29, 1.82) is 0 Å². The molecule has 0 aliphatic heterocycles. The van der Waals surface area contributed by atoms with Gasteiger partial charge in [-0.15, -0.1) is 0 Å². The zero-order valence-corrected chi connectivity index (χ0v) is 21.5. The average Bonchev–Trinajstić information content (AvgIpc) is 3.37. The molecule has 2 aromatic carbocycles. The van der Waals surface area contributed by atoms with E-state index < -0.39 is 11.7 Å². The Bertz CT molecular complexity index is 1730. The maximum atomic E-state index is 14.5. The van der Waals surface area contributed by atoms with Gasteiger partial charge in [-0.3, -0.25) is 14.4 Å². The van der Waals surface area contributed by atoms with Crippen molar-refractivity contribution >= 4 is 34.1 Å². The second-order valence-electron chi connectivity index (χ2n) is 9.69. The minimum atomic E-state index is -0.420. The number of nitrogens with zero attached hydrogens (tertiary/aromatic N) is 1. The molecule has 4 aromatic rings. The minimum Gasteiger partial charge on any atom is -0.397 e. The number of H-pyrrole nitrogens is 1. The molecular formula is C30H28FN5O3. The van der Waals surface area contributed by atoms with Crippen LogP contribution in [0.3, 0.4) is 0 Å². The highest BCUT2D eigenvalue weighted by molar-refractivity contribution is 6.06. The van der Waals surface area contributed by atoms with E-state index in [1.165, 1.54) is 10.6 Å². The van der Waals surface area contributed by atoms with Crippen LogP contribution < -0.4 is 21.9 Å². The number of pyridine rings is 1. The highest BCUT2D eigenvalue weighted by Crippen LogP contribution is 2.30. The van der Waals surface area contributed by atoms with E-state index in [2.05, 4.69) is 15.6 Å². The number of fused-ring (bicyclic) bond motifs is 1. The second-order valence-corrected chi connectivity index (χ2v) is 9.69. The number of hydrogen-bond donors (Lipinski definition) is 4. The summed E-state index contributed by atoms with van der Waals surface area (Å²) < 4.78 is 15.9. The molecule has 198 valence electrons. The summed E-state index contributed by atoms with van der Waals surface area (Å²) in [5.41, 5.74) is 9.52. The van der Waals surface area contributed by atoms with Gasteiger partial charge in [0.15, 0.2) is 0 Å². The SMILES string of the molecule is CC1CC(CNC(=O)c2cc3c(-c4ccccc4F)cn(C)c(=O)c3[nH]2)=CC=C1C(=O)Nc1ccccc1N. The molecule has 5 N–H and O–H groups in total. The number of nitrogens with two attached hydrogens (primary N) is 1. The van der Waals surface area contributed by atoms with Crippen LogP contribution in [0.4, 0.5) is 15.8 Å². The normalized spacial score (nSPS) is 15.0. The van der Waals surface area contributed by atoms with E-state index in [0.717, 1.165) is 5.57 Å². The van der Waals surface area contributed by atoms with Crippen molar-refractivity contribution in [3.8, 4) is 11.1 Å². The number of carbonyl (C=O) groups excluding carboxylic acids is 2. The Morgan fingerprint density at radius 3 is 2.56 bits per heavy atom. The molecule has 2 heterocycles. The largest absolute Gasteiger partial charge is 0.397 e. The van der Waals surface area contributed by atoms with Crippen molar-refractivity contribution in [2.45, 2.75) is 13.3 Å². The molecular weight excluding hydrogens is 497 g/mol. The van der Waals surface area contributed by atoms with Crippen LogP contribution in [0.15, 0.2) is 88.9 Å². The van der Waals surface area contributed by atoms with E-state index in [-0.39, 0.29) is 35.1 Å². The van der Waals surface area contributed by atoms with Gasteiger partial charge in [0, 0.05) is 41.9 Å². The molecule has 0 spiro atoms. The molecule has 1 aliphatic carbocycles. The van der Waals surface area contributed by atoms with E-state index >= 15 is 0 Å². The number of allylic oxidation sites excluding steroid dienone is 2. The van der Waals surface area contributed by atoms with Crippen LogP contribution in [-0.4, -0.2) is 27.9 Å².